The van der Waals surface area contributed by atoms with Crippen LogP contribution in [-0.2, 0) is 14.2 Å². The Bertz CT molecular complexity index is 264. The highest BCUT2D eigenvalue weighted by Gasteiger charge is 1.97. The maximum atomic E-state index is 5.55. The summed E-state index contributed by atoms with van der Waals surface area (Å²) < 4.78 is 16.4. The summed E-state index contributed by atoms with van der Waals surface area (Å²) in [7, 11) is 0. The summed E-state index contributed by atoms with van der Waals surface area (Å²) in [6, 6.07) is 0. The molecule has 0 aromatic rings. The van der Waals surface area contributed by atoms with E-state index in [9.17, 15) is 0 Å². The summed E-state index contributed by atoms with van der Waals surface area (Å²) in [6.45, 7) is 7.37. The van der Waals surface area contributed by atoms with Gasteiger partial charge in [-0.15, -0.1) is 0 Å². The lowest BCUT2D eigenvalue weighted by Gasteiger charge is -2.10. The maximum Gasteiger partial charge on any atom is 0.115 e. The van der Waals surface area contributed by atoms with Crippen molar-refractivity contribution < 1.29 is 14.2 Å². The number of ether oxygens (including phenoxy) is 3. The first-order chi connectivity index (χ1) is 9.43. The SMILES string of the molecule is CCCNCCOCCOCCOC1=CCCC=C1. The first-order valence-electron chi connectivity index (χ1n) is 7.29. The van der Waals surface area contributed by atoms with E-state index in [1.807, 2.05) is 6.08 Å². The minimum absolute atomic E-state index is 0.605. The van der Waals surface area contributed by atoms with Gasteiger partial charge in [-0.2, -0.15) is 0 Å². The Morgan fingerprint density at radius 2 is 1.79 bits per heavy atom. The summed E-state index contributed by atoms with van der Waals surface area (Å²) in [6.07, 6.45) is 9.63. The molecule has 4 nitrogen and oxygen atoms in total. The van der Waals surface area contributed by atoms with Crippen LogP contribution >= 0.6 is 0 Å². The van der Waals surface area contributed by atoms with Gasteiger partial charge in [0.1, 0.15) is 12.4 Å². The second kappa shape index (κ2) is 12.2. The lowest BCUT2D eigenvalue weighted by atomic mass is 10.2. The van der Waals surface area contributed by atoms with Crippen molar-refractivity contribution in [3.63, 3.8) is 0 Å². The third kappa shape index (κ3) is 9.70. The second-order valence-corrected chi connectivity index (χ2v) is 4.41. The van der Waals surface area contributed by atoms with Crippen molar-refractivity contribution in [1.82, 2.24) is 5.32 Å². The molecule has 19 heavy (non-hydrogen) atoms. The Morgan fingerprint density at radius 1 is 1.00 bits per heavy atom. The third-order valence-corrected chi connectivity index (χ3v) is 2.68. The Labute approximate surface area is 116 Å². The van der Waals surface area contributed by atoms with E-state index in [2.05, 4.69) is 24.4 Å². The molecule has 0 heterocycles. The minimum atomic E-state index is 0.605. The topological polar surface area (TPSA) is 39.7 Å². The van der Waals surface area contributed by atoms with Gasteiger partial charge in [0.15, 0.2) is 0 Å². The van der Waals surface area contributed by atoms with Gasteiger partial charge >= 0.3 is 0 Å². The van der Waals surface area contributed by atoms with Crippen LogP contribution in [0, 0.1) is 0 Å². The monoisotopic (exact) mass is 269 g/mol. The molecular weight excluding hydrogens is 242 g/mol. The number of allylic oxidation sites excluding steroid dienone is 3. The molecule has 0 aromatic heterocycles. The van der Waals surface area contributed by atoms with Crippen molar-refractivity contribution in [3.8, 4) is 0 Å². The van der Waals surface area contributed by atoms with Crippen LogP contribution in [0.4, 0.5) is 0 Å². The highest BCUT2D eigenvalue weighted by molar-refractivity contribution is 5.15. The van der Waals surface area contributed by atoms with Crippen LogP contribution in [0.2, 0.25) is 0 Å². The Morgan fingerprint density at radius 3 is 2.53 bits per heavy atom. The van der Waals surface area contributed by atoms with Gasteiger partial charge in [0.25, 0.3) is 0 Å². The average Bonchev–Trinajstić information content (AvgIpc) is 2.46. The normalized spacial score (nSPS) is 14.5. The fraction of sp³-hybridized carbons (Fsp3) is 0.733. The quantitative estimate of drug-likeness (QED) is 0.552. The van der Waals surface area contributed by atoms with Crippen LogP contribution in [0.3, 0.4) is 0 Å². The zero-order chi connectivity index (χ0) is 13.6. The highest BCUT2D eigenvalue weighted by atomic mass is 16.5. The van der Waals surface area contributed by atoms with E-state index in [4.69, 9.17) is 14.2 Å². The molecule has 0 unspecified atom stereocenters. The van der Waals surface area contributed by atoms with Crippen molar-refractivity contribution in [2.75, 3.05) is 46.1 Å². The van der Waals surface area contributed by atoms with Crippen LogP contribution in [-0.4, -0.2) is 46.1 Å². The van der Waals surface area contributed by atoms with Gasteiger partial charge in [-0.25, -0.2) is 0 Å². The van der Waals surface area contributed by atoms with Crippen molar-refractivity contribution in [1.29, 1.82) is 0 Å². The standard InChI is InChI=1S/C15H27NO3/c1-2-8-16-9-10-17-11-12-18-13-14-19-15-6-4-3-5-7-15/h4,6-7,16H,2-3,5,8-14H2,1H3. The second-order valence-electron chi connectivity index (χ2n) is 4.41. The van der Waals surface area contributed by atoms with Gasteiger partial charge in [0.05, 0.1) is 26.4 Å². The maximum absolute atomic E-state index is 5.55. The molecule has 0 saturated carbocycles. The summed E-state index contributed by atoms with van der Waals surface area (Å²) in [5.41, 5.74) is 0. The third-order valence-electron chi connectivity index (χ3n) is 2.68. The van der Waals surface area contributed by atoms with E-state index in [0.717, 1.165) is 44.7 Å². The molecule has 0 atom stereocenters. The van der Waals surface area contributed by atoms with E-state index in [0.29, 0.717) is 26.4 Å². The predicted octanol–water partition coefficient (Wildman–Crippen LogP) is 2.27. The molecule has 0 bridgehead atoms. The molecule has 4 heteroatoms. The van der Waals surface area contributed by atoms with Crippen molar-refractivity contribution in [3.05, 3.63) is 24.0 Å². The lowest BCUT2D eigenvalue weighted by molar-refractivity contribution is 0.0289. The van der Waals surface area contributed by atoms with Gasteiger partial charge < -0.3 is 19.5 Å². The van der Waals surface area contributed by atoms with Crippen molar-refractivity contribution in [2.45, 2.75) is 26.2 Å². The van der Waals surface area contributed by atoms with Crippen LogP contribution in [0.5, 0.6) is 0 Å². The minimum Gasteiger partial charge on any atom is -0.492 e. The van der Waals surface area contributed by atoms with Crippen molar-refractivity contribution in [2.24, 2.45) is 0 Å². The summed E-state index contributed by atoms with van der Waals surface area (Å²) in [5, 5.41) is 3.28. The first-order valence-corrected chi connectivity index (χ1v) is 7.29. The summed E-state index contributed by atoms with van der Waals surface area (Å²) in [5.74, 6) is 0.966. The van der Waals surface area contributed by atoms with E-state index in [-0.39, 0.29) is 0 Å². The molecule has 110 valence electrons. The fourth-order valence-corrected chi connectivity index (χ4v) is 1.68. The predicted molar refractivity (Wildman–Crippen MR) is 77.2 cm³/mol. The molecule has 1 aliphatic carbocycles. The summed E-state index contributed by atoms with van der Waals surface area (Å²) in [4.78, 5) is 0. The molecule has 1 N–H and O–H groups in total. The van der Waals surface area contributed by atoms with Gasteiger partial charge in [-0.1, -0.05) is 13.0 Å². The summed E-state index contributed by atoms with van der Waals surface area (Å²) >= 11 is 0. The number of rotatable bonds is 12. The van der Waals surface area contributed by atoms with Gasteiger partial charge in [0.2, 0.25) is 0 Å². The molecule has 0 aliphatic heterocycles. The van der Waals surface area contributed by atoms with E-state index < -0.39 is 0 Å². The zero-order valence-electron chi connectivity index (χ0n) is 12.0. The van der Waals surface area contributed by atoms with Crippen molar-refractivity contribution >= 4 is 0 Å². The number of nitrogens with one attached hydrogen (secondary N) is 1. The van der Waals surface area contributed by atoms with E-state index in [1.54, 1.807) is 0 Å². The molecule has 1 rings (SSSR count). The molecule has 0 aromatic carbocycles. The van der Waals surface area contributed by atoms with Crippen LogP contribution in [0.25, 0.3) is 0 Å². The van der Waals surface area contributed by atoms with Crippen LogP contribution < -0.4 is 5.32 Å². The first kappa shape index (κ1) is 16.2. The molecule has 0 amide bonds. The molecule has 1 aliphatic rings. The Kier molecular flexibility index (Phi) is 10.4. The van der Waals surface area contributed by atoms with Gasteiger partial charge in [-0.3, -0.25) is 0 Å². The zero-order valence-corrected chi connectivity index (χ0v) is 12.0. The van der Waals surface area contributed by atoms with E-state index in [1.165, 1.54) is 0 Å². The average molecular weight is 269 g/mol. The van der Waals surface area contributed by atoms with Gasteiger partial charge in [0, 0.05) is 6.54 Å². The lowest BCUT2D eigenvalue weighted by Crippen LogP contribution is -2.21. The number of hydrogen-bond acceptors (Lipinski definition) is 4. The Hall–Kier alpha value is -0.840. The smallest absolute Gasteiger partial charge is 0.115 e. The number of hydrogen-bond donors (Lipinski definition) is 1. The fourth-order valence-electron chi connectivity index (χ4n) is 1.68. The molecule has 0 fully saturated rings. The van der Waals surface area contributed by atoms with Gasteiger partial charge in [-0.05, 0) is 38.0 Å². The molecule has 0 spiro atoms. The van der Waals surface area contributed by atoms with Crippen LogP contribution in [0.1, 0.15) is 26.2 Å². The van der Waals surface area contributed by atoms with Crippen LogP contribution in [0.15, 0.2) is 24.0 Å². The highest BCUT2D eigenvalue weighted by Crippen LogP contribution is 2.10. The largest absolute Gasteiger partial charge is 0.492 e. The van der Waals surface area contributed by atoms with E-state index >= 15 is 0 Å². The molecular formula is C15H27NO3. The molecule has 0 radical (unpaired) electrons. The Balaban J connectivity index is 1.76. The molecule has 0 saturated heterocycles.